The Morgan fingerprint density at radius 1 is 1.08 bits per heavy atom. The second-order valence-electron chi connectivity index (χ2n) is 10.3. The number of aliphatic hydroxyl groups is 1. The van der Waals surface area contributed by atoms with Crippen molar-refractivity contribution >= 4 is 28.4 Å². The number of ether oxygens (including phenoxy) is 1. The molecule has 0 spiro atoms. The second-order valence-corrected chi connectivity index (χ2v) is 10.3. The van der Waals surface area contributed by atoms with Crippen LogP contribution in [0.2, 0.25) is 0 Å². The van der Waals surface area contributed by atoms with Gasteiger partial charge in [-0.1, -0.05) is 44.2 Å². The average Bonchev–Trinajstić information content (AvgIpc) is 3.36. The van der Waals surface area contributed by atoms with E-state index in [0.29, 0.717) is 22.4 Å². The van der Waals surface area contributed by atoms with E-state index in [2.05, 4.69) is 4.98 Å². The Kier molecular flexibility index (Phi) is 6.76. The van der Waals surface area contributed by atoms with Gasteiger partial charge in [-0.3, -0.25) is 9.59 Å². The fourth-order valence-electron chi connectivity index (χ4n) is 5.51. The van der Waals surface area contributed by atoms with Crippen LogP contribution in [-0.2, 0) is 16.1 Å². The van der Waals surface area contributed by atoms with Crippen LogP contribution in [-0.4, -0.2) is 33.8 Å². The second kappa shape index (κ2) is 10.1. The fourth-order valence-corrected chi connectivity index (χ4v) is 5.51. The van der Waals surface area contributed by atoms with Crippen molar-refractivity contribution in [2.45, 2.75) is 46.2 Å². The Bertz CT molecular complexity index is 1630. The first-order chi connectivity index (χ1) is 18.6. The van der Waals surface area contributed by atoms with E-state index in [0.717, 1.165) is 27.7 Å². The molecule has 0 bridgehead atoms. The predicted molar refractivity (Wildman–Crippen MR) is 149 cm³/mol. The molecule has 2 heterocycles. The molecule has 1 unspecified atom stereocenters. The average molecular weight is 527 g/mol. The predicted octanol–water partition coefficient (Wildman–Crippen LogP) is 6.68. The van der Waals surface area contributed by atoms with Crippen LogP contribution in [0.25, 0.3) is 16.7 Å². The van der Waals surface area contributed by atoms with Crippen LogP contribution in [0.5, 0.6) is 5.75 Å². The lowest BCUT2D eigenvalue weighted by Crippen LogP contribution is -2.29. The highest BCUT2D eigenvalue weighted by Gasteiger charge is 2.47. The van der Waals surface area contributed by atoms with Gasteiger partial charge in [0.25, 0.3) is 11.7 Å². The molecule has 6 nitrogen and oxygen atoms in total. The van der Waals surface area contributed by atoms with Crippen molar-refractivity contribution in [1.29, 1.82) is 0 Å². The van der Waals surface area contributed by atoms with Crippen molar-refractivity contribution in [3.63, 3.8) is 0 Å². The number of aromatic nitrogens is 1. The molecule has 1 aliphatic heterocycles. The first-order valence-electron chi connectivity index (χ1n) is 12.9. The van der Waals surface area contributed by atoms with E-state index in [1.54, 1.807) is 19.2 Å². The van der Waals surface area contributed by atoms with E-state index < -0.39 is 17.7 Å². The summed E-state index contributed by atoms with van der Waals surface area (Å²) in [7, 11) is 1.60. The summed E-state index contributed by atoms with van der Waals surface area (Å²) in [4.78, 5) is 32.1. The van der Waals surface area contributed by atoms with Gasteiger partial charge in [-0.05, 0) is 66.8 Å². The number of likely N-dealkylation sites (tertiary alicyclic amines) is 1. The molecule has 7 heteroatoms. The third-order valence-corrected chi connectivity index (χ3v) is 7.48. The molecule has 1 fully saturated rings. The molecule has 1 atom stereocenters. The number of amides is 1. The first-order valence-corrected chi connectivity index (χ1v) is 12.9. The summed E-state index contributed by atoms with van der Waals surface area (Å²) in [6.45, 7) is 7.84. The van der Waals surface area contributed by atoms with Gasteiger partial charge in [0, 0.05) is 34.3 Å². The number of rotatable bonds is 6. The summed E-state index contributed by atoms with van der Waals surface area (Å²) in [5.74, 6) is -1.30. The third kappa shape index (κ3) is 4.48. The molecule has 2 N–H and O–H groups in total. The van der Waals surface area contributed by atoms with Gasteiger partial charge in [-0.15, -0.1) is 0 Å². The zero-order chi connectivity index (χ0) is 28.0. The molecule has 1 amide bonds. The number of benzene rings is 3. The molecule has 0 saturated carbocycles. The third-order valence-electron chi connectivity index (χ3n) is 7.48. The minimum absolute atomic E-state index is 0.0259. The molecular weight excluding hydrogens is 495 g/mol. The maximum Gasteiger partial charge on any atom is 0.295 e. The number of aromatic amines is 1. The quantitative estimate of drug-likeness (QED) is 0.167. The number of nitrogens with one attached hydrogen (secondary N) is 1. The van der Waals surface area contributed by atoms with Gasteiger partial charge in [0.15, 0.2) is 0 Å². The highest BCUT2D eigenvalue weighted by atomic mass is 19.1. The molecule has 4 aromatic rings. The number of carbonyl (C=O) groups is 2. The number of aliphatic hydroxyl groups excluding tert-OH is 1. The molecule has 0 radical (unpaired) electrons. The number of aryl methyl sites for hydroxylation is 2. The molecule has 1 aliphatic rings. The summed E-state index contributed by atoms with van der Waals surface area (Å²) in [5.41, 5.74) is 5.15. The Morgan fingerprint density at radius 2 is 1.77 bits per heavy atom. The summed E-state index contributed by atoms with van der Waals surface area (Å²) < 4.78 is 19.2. The van der Waals surface area contributed by atoms with Gasteiger partial charge in [0.05, 0.1) is 18.7 Å². The molecule has 1 saturated heterocycles. The lowest BCUT2D eigenvalue weighted by molar-refractivity contribution is -0.140. The summed E-state index contributed by atoms with van der Waals surface area (Å²) in [5, 5.41) is 12.6. The van der Waals surface area contributed by atoms with Crippen LogP contribution in [0.1, 0.15) is 59.3 Å². The van der Waals surface area contributed by atoms with E-state index in [1.165, 1.54) is 17.0 Å². The van der Waals surface area contributed by atoms with Crippen LogP contribution >= 0.6 is 0 Å². The molecule has 0 aliphatic carbocycles. The number of H-pyrrole nitrogens is 1. The van der Waals surface area contributed by atoms with Crippen LogP contribution in [0, 0.1) is 19.7 Å². The normalized spacial score (nSPS) is 17.0. The van der Waals surface area contributed by atoms with E-state index >= 15 is 0 Å². The number of hydrogen-bond donors (Lipinski definition) is 2. The topological polar surface area (TPSA) is 82.6 Å². The number of halogens is 1. The van der Waals surface area contributed by atoms with Crippen molar-refractivity contribution in [2.24, 2.45) is 0 Å². The van der Waals surface area contributed by atoms with Crippen LogP contribution < -0.4 is 4.74 Å². The summed E-state index contributed by atoms with van der Waals surface area (Å²) in [6, 6.07) is 16.3. The highest BCUT2D eigenvalue weighted by Crippen LogP contribution is 2.45. The van der Waals surface area contributed by atoms with Crippen molar-refractivity contribution in [2.75, 3.05) is 7.11 Å². The van der Waals surface area contributed by atoms with Gasteiger partial charge in [-0.25, -0.2) is 4.39 Å². The Balaban J connectivity index is 1.76. The van der Waals surface area contributed by atoms with Crippen LogP contribution in [0.15, 0.2) is 66.2 Å². The number of nitrogens with zero attached hydrogens (tertiary/aromatic N) is 1. The van der Waals surface area contributed by atoms with E-state index in [1.807, 2.05) is 64.1 Å². The summed E-state index contributed by atoms with van der Waals surface area (Å²) in [6.07, 6.45) is 0. The van der Waals surface area contributed by atoms with Crippen molar-refractivity contribution < 1.29 is 23.8 Å². The zero-order valence-corrected chi connectivity index (χ0v) is 22.6. The van der Waals surface area contributed by atoms with Crippen molar-refractivity contribution in [3.05, 3.63) is 106 Å². The number of carbonyl (C=O) groups excluding carboxylic acids is 2. The van der Waals surface area contributed by atoms with E-state index in [4.69, 9.17) is 4.74 Å². The number of hydrogen-bond acceptors (Lipinski definition) is 4. The number of para-hydroxylation sites is 1. The largest absolute Gasteiger partial charge is 0.507 e. The highest BCUT2D eigenvalue weighted by molar-refractivity contribution is 6.46. The molecule has 1 aromatic heterocycles. The SMILES string of the molecule is COc1cc(C)c(/C(O)=C2\C(=O)C(=O)N(Cc3ccc(F)cc3)C2c2c(C)[nH]c3ccccc23)cc1C(C)C. The van der Waals surface area contributed by atoms with Crippen LogP contribution in [0.4, 0.5) is 4.39 Å². The van der Waals surface area contributed by atoms with Gasteiger partial charge in [-0.2, -0.15) is 0 Å². The van der Waals surface area contributed by atoms with Crippen LogP contribution in [0.3, 0.4) is 0 Å². The van der Waals surface area contributed by atoms with Gasteiger partial charge < -0.3 is 19.7 Å². The Hall–Kier alpha value is -4.39. The number of methoxy groups -OCH3 is 1. The number of Topliss-reactive ketones (excluding diaryl/α,β-unsaturated/α-hetero) is 1. The van der Waals surface area contributed by atoms with Crippen molar-refractivity contribution in [1.82, 2.24) is 9.88 Å². The lowest BCUT2D eigenvalue weighted by atomic mass is 9.90. The molecule has 200 valence electrons. The van der Waals surface area contributed by atoms with Gasteiger partial charge >= 0.3 is 0 Å². The summed E-state index contributed by atoms with van der Waals surface area (Å²) >= 11 is 0. The van der Waals surface area contributed by atoms with E-state index in [-0.39, 0.29) is 29.6 Å². The van der Waals surface area contributed by atoms with Gasteiger partial charge in [0.1, 0.15) is 17.3 Å². The minimum Gasteiger partial charge on any atom is -0.507 e. The van der Waals surface area contributed by atoms with E-state index in [9.17, 15) is 19.1 Å². The fraction of sp³-hybridized carbons (Fsp3) is 0.250. The standard InChI is InChI=1S/C32H31FN2O4/c1-17(2)23-15-24(18(3)14-26(23)39-5)30(36)28-29(27-19(4)34-25-9-7-6-8-22(25)27)35(32(38)31(28)37)16-20-10-12-21(33)13-11-20/h6-15,17,29,34,36H,16H2,1-5H3/b30-28+. The molecule has 5 rings (SSSR count). The maximum atomic E-state index is 13.7. The van der Waals surface area contributed by atoms with Crippen molar-refractivity contribution in [3.8, 4) is 5.75 Å². The maximum absolute atomic E-state index is 13.7. The lowest BCUT2D eigenvalue weighted by Gasteiger charge is -2.26. The minimum atomic E-state index is -0.852. The zero-order valence-electron chi connectivity index (χ0n) is 22.6. The van der Waals surface area contributed by atoms with Gasteiger partial charge in [0.2, 0.25) is 0 Å². The molecule has 39 heavy (non-hydrogen) atoms. The smallest absolute Gasteiger partial charge is 0.295 e. The number of fused-ring (bicyclic) bond motifs is 1. The number of ketones is 1. The first kappa shape index (κ1) is 26.2. The molecule has 3 aromatic carbocycles. The Labute approximate surface area is 226 Å². The Morgan fingerprint density at radius 3 is 2.44 bits per heavy atom. The molecular formula is C32H31FN2O4. The monoisotopic (exact) mass is 526 g/mol.